The van der Waals surface area contributed by atoms with Crippen molar-refractivity contribution in [2.45, 2.75) is 154 Å². The van der Waals surface area contributed by atoms with Crippen LogP contribution in [0.5, 0.6) is 0 Å². The second kappa shape index (κ2) is 37.7. The average molecular weight is 767 g/mol. The van der Waals surface area contributed by atoms with Crippen LogP contribution in [0.4, 0.5) is 0 Å². The van der Waals surface area contributed by atoms with Gasteiger partial charge in [0, 0.05) is 12.8 Å². The first-order valence-corrected chi connectivity index (χ1v) is 21.4. The fraction of sp³-hybridized carbons (Fsp3) is 0.667. The lowest BCUT2D eigenvalue weighted by Gasteiger charge is -2.20. The largest absolute Gasteiger partial charge is 0.472 e. The molecule has 3 atom stereocenters. The Kier molecular flexibility index (Phi) is 35.9. The van der Waals surface area contributed by atoms with Crippen molar-refractivity contribution in [2.75, 3.05) is 26.4 Å². The maximum Gasteiger partial charge on any atom is 0.472 e. The van der Waals surface area contributed by atoms with E-state index in [1.54, 1.807) is 0 Å². The topological polar surface area (TPSA) is 149 Å². The Bertz CT molecular complexity index is 1110. The van der Waals surface area contributed by atoms with Crippen LogP contribution in [0, 0.1) is 0 Å². The standard InChI is InChI=1S/C42H71O10P/c1-3-5-7-9-11-13-15-17-18-19-20-22-24-26-28-30-32-34-42(46)52-40(36-44)38-50-53(47,48)49-37-39(35-43)51-41(45)33-31-29-27-25-23-21-16-14-12-10-8-6-4-2/h5-8,11-14,17-18,21,23,39-40,43-44H,3-4,9-10,15-16,19-20,22,24-38H2,1-2H3,(H,47,48)/b7-5-,8-6-,13-11-,14-12-,18-17-,23-21-. The van der Waals surface area contributed by atoms with Gasteiger partial charge in [0.2, 0.25) is 0 Å². The first-order chi connectivity index (χ1) is 25.8. The van der Waals surface area contributed by atoms with Crippen molar-refractivity contribution >= 4 is 19.8 Å². The monoisotopic (exact) mass is 766 g/mol. The zero-order chi connectivity index (χ0) is 39.1. The van der Waals surface area contributed by atoms with Crippen LogP contribution in [-0.2, 0) is 32.7 Å². The molecule has 3 unspecified atom stereocenters. The fourth-order valence-corrected chi connectivity index (χ4v) is 5.69. The molecular weight excluding hydrogens is 695 g/mol. The van der Waals surface area contributed by atoms with E-state index in [-0.39, 0.29) is 12.8 Å². The molecule has 0 aliphatic rings. The molecule has 0 bridgehead atoms. The Balaban J connectivity index is 4.01. The number of aliphatic hydroxyl groups excluding tert-OH is 2. The van der Waals surface area contributed by atoms with Crippen molar-refractivity contribution in [3.63, 3.8) is 0 Å². The second-order valence-corrected chi connectivity index (χ2v) is 14.3. The summed E-state index contributed by atoms with van der Waals surface area (Å²) in [6, 6.07) is 0. The van der Waals surface area contributed by atoms with Crippen molar-refractivity contribution in [1.82, 2.24) is 0 Å². The molecule has 0 saturated heterocycles. The summed E-state index contributed by atoms with van der Waals surface area (Å²) < 4.78 is 32.4. The molecule has 0 saturated carbocycles. The third-order valence-corrected chi connectivity index (χ3v) is 8.86. The number of allylic oxidation sites excluding steroid dienone is 12. The molecule has 10 nitrogen and oxygen atoms in total. The Hall–Kier alpha value is -2.59. The number of ether oxygens (including phenoxy) is 2. The molecule has 0 heterocycles. The number of hydrogen-bond donors (Lipinski definition) is 3. The number of rotatable bonds is 36. The summed E-state index contributed by atoms with van der Waals surface area (Å²) in [7, 11) is -4.65. The highest BCUT2D eigenvalue weighted by Gasteiger charge is 2.27. The van der Waals surface area contributed by atoms with Gasteiger partial charge in [-0.1, -0.05) is 125 Å². The van der Waals surface area contributed by atoms with E-state index in [1.807, 2.05) is 0 Å². The molecule has 0 aromatic heterocycles. The van der Waals surface area contributed by atoms with Gasteiger partial charge in [0.1, 0.15) is 12.2 Å². The molecule has 0 amide bonds. The van der Waals surface area contributed by atoms with E-state index in [9.17, 15) is 29.3 Å². The van der Waals surface area contributed by atoms with Gasteiger partial charge >= 0.3 is 19.8 Å². The van der Waals surface area contributed by atoms with Crippen molar-refractivity contribution in [3.05, 3.63) is 72.9 Å². The number of unbranched alkanes of at least 4 members (excludes halogenated alkanes) is 10. The average Bonchev–Trinajstić information content (AvgIpc) is 3.14. The molecule has 304 valence electrons. The van der Waals surface area contributed by atoms with E-state index in [1.165, 1.54) is 12.8 Å². The lowest BCUT2D eigenvalue weighted by Crippen LogP contribution is -2.28. The zero-order valence-corrected chi connectivity index (χ0v) is 33.6. The normalized spacial score (nSPS) is 14.7. The molecule has 0 aliphatic heterocycles. The lowest BCUT2D eigenvalue weighted by molar-refractivity contribution is -0.153. The molecule has 0 aliphatic carbocycles. The third kappa shape index (κ3) is 36.2. The van der Waals surface area contributed by atoms with Gasteiger partial charge in [-0.2, -0.15) is 0 Å². The van der Waals surface area contributed by atoms with Gasteiger partial charge in [0.15, 0.2) is 0 Å². The molecule has 0 spiro atoms. The van der Waals surface area contributed by atoms with Gasteiger partial charge in [-0.3, -0.25) is 18.6 Å². The van der Waals surface area contributed by atoms with E-state index in [0.717, 1.165) is 89.9 Å². The van der Waals surface area contributed by atoms with Gasteiger partial charge in [-0.15, -0.1) is 0 Å². The highest BCUT2D eigenvalue weighted by molar-refractivity contribution is 7.47. The summed E-state index contributed by atoms with van der Waals surface area (Å²) in [5.74, 6) is -1.07. The number of aliphatic hydroxyl groups is 2. The van der Waals surface area contributed by atoms with Gasteiger partial charge in [-0.25, -0.2) is 4.57 Å². The van der Waals surface area contributed by atoms with Crippen LogP contribution in [0.2, 0.25) is 0 Å². The highest BCUT2D eigenvalue weighted by atomic mass is 31.2. The number of phosphoric ester groups is 1. The van der Waals surface area contributed by atoms with Crippen LogP contribution in [0.3, 0.4) is 0 Å². The molecule has 11 heteroatoms. The Labute approximate surface area is 320 Å². The predicted octanol–water partition coefficient (Wildman–Crippen LogP) is 10.1. The number of esters is 2. The summed E-state index contributed by atoms with van der Waals surface area (Å²) in [4.78, 5) is 34.4. The maximum absolute atomic E-state index is 12.3. The van der Waals surface area contributed by atoms with Crippen molar-refractivity contribution in [3.8, 4) is 0 Å². The number of hydrogen-bond acceptors (Lipinski definition) is 9. The number of carbonyl (C=O) groups excluding carboxylic acids is 2. The van der Waals surface area contributed by atoms with E-state index in [4.69, 9.17) is 18.5 Å². The third-order valence-electron chi connectivity index (χ3n) is 7.91. The first kappa shape index (κ1) is 50.4. The van der Waals surface area contributed by atoms with Gasteiger partial charge in [0.05, 0.1) is 26.4 Å². The predicted molar refractivity (Wildman–Crippen MR) is 214 cm³/mol. The Morgan fingerprint density at radius 3 is 1.21 bits per heavy atom. The fourth-order valence-electron chi connectivity index (χ4n) is 4.91. The zero-order valence-electron chi connectivity index (χ0n) is 32.7. The number of phosphoric acid groups is 1. The molecular formula is C42H71O10P. The highest BCUT2D eigenvalue weighted by Crippen LogP contribution is 2.43. The second-order valence-electron chi connectivity index (χ2n) is 12.8. The molecule has 0 fully saturated rings. The molecule has 0 rings (SSSR count). The molecule has 0 aromatic rings. The lowest BCUT2D eigenvalue weighted by atomic mass is 10.1. The summed E-state index contributed by atoms with van der Waals surface area (Å²) in [5, 5.41) is 19.1. The van der Waals surface area contributed by atoms with E-state index in [0.29, 0.717) is 12.8 Å². The minimum Gasteiger partial charge on any atom is -0.457 e. The molecule has 3 N–H and O–H groups in total. The summed E-state index contributed by atoms with van der Waals surface area (Å²) in [5.41, 5.74) is 0. The SMILES string of the molecule is CC/C=C\C/C=C\C/C=C\CCCCCCCCCC(=O)OC(CO)COP(=O)(O)OCC(CO)OC(=O)CCCCC/C=C\C/C=C\C/C=C\CC. The van der Waals surface area contributed by atoms with Gasteiger partial charge in [-0.05, 0) is 77.0 Å². The number of carbonyl (C=O) groups is 2. The quantitative estimate of drug-likeness (QED) is 0.0243. The Morgan fingerprint density at radius 1 is 0.509 bits per heavy atom. The van der Waals surface area contributed by atoms with Crippen LogP contribution >= 0.6 is 7.82 Å². The maximum atomic E-state index is 12.3. The molecule has 53 heavy (non-hydrogen) atoms. The van der Waals surface area contributed by atoms with Crippen LogP contribution in [0.1, 0.15) is 142 Å². The minimum absolute atomic E-state index is 0.153. The van der Waals surface area contributed by atoms with Crippen molar-refractivity contribution < 1.29 is 47.8 Å². The van der Waals surface area contributed by atoms with Gasteiger partial charge < -0.3 is 24.6 Å². The van der Waals surface area contributed by atoms with Gasteiger partial charge in [0.25, 0.3) is 0 Å². The summed E-state index contributed by atoms with van der Waals surface area (Å²) >= 11 is 0. The molecule has 0 aromatic carbocycles. The minimum atomic E-state index is -4.65. The van der Waals surface area contributed by atoms with Crippen LogP contribution in [0.15, 0.2) is 72.9 Å². The van der Waals surface area contributed by atoms with E-state index >= 15 is 0 Å². The van der Waals surface area contributed by atoms with Crippen LogP contribution in [0.25, 0.3) is 0 Å². The Morgan fingerprint density at radius 2 is 0.830 bits per heavy atom. The molecule has 0 radical (unpaired) electrons. The van der Waals surface area contributed by atoms with E-state index in [2.05, 4.69) is 86.8 Å². The van der Waals surface area contributed by atoms with E-state index < -0.39 is 58.4 Å². The summed E-state index contributed by atoms with van der Waals surface area (Å²) in [6.07, 6.45) is 41.6. The summed E-state index contributed by atoms with van der Waals surface area (Å²) in [6.45, 7) is 1.91. The smallest absolute Gasteiger partial charge is 0.457 e. The van der Waals surface area contributed by atoms with Crippen molar-refractivity contribution in [1.29, 1.82) is 0 Å². The van der Waals surface area contributed by atoms with Crippen molar-refractivity contribution in [2.24, 2.45) is 0 Å². The first-order valence-electron chi connectivity index (χ1n) is 19.9. The van der Waals surface area contributed by atoms with Crippen LogP contribution in [-0.4, -0.2) is 65.7 Å². The van der Waals surface area contributed by atoms with Crippen LogP contribution < -0.4 is 0 Å².